The maximum atomic E-state index is 13.5. The van der Waals surface area contributed by atoms with Crippen LogP contribution in [0.1, 0.15) is 18.3 Å². The molecule has 0 aliphatic rings. The molecule has 1 aromatic heterocycles. The predicted octanol–water partition coefficient (Wildman–Crippen LogP) is 2.81. The highest BCUT2D eigenvalue weighted by molar-refractivity contribution is 7.98. The number of aromatic amines is 1. The Bertz CT molecular complexity index is 530. The second-order valence-electron chi connectivity index (χ2n) is 3.68. The Balaban J connectivity index is 1.99. The summed E-state index contributed by atoms with van der Waals surface area (Å²) in [5, 5.41) is 7.60. The first kappa shape index (κ1) is 12.9. The number of methoxy groups -OCH3 is 1. The Morgan fingerprint density at radius 3 is 2.89 bits per heavy atom. The van der Waals surface area contributed by atoms with E-state index >= 15 is 0 Å². The zero-order chi connectivity index (χ0) is 13.0. The van der Waals surface area contributed by atoms with Crippen LogP contribution in [0.15, 0.2) is 23.4 Å². The van der Waals surface area contributed by atoms with Crippen molar-refractivity contribution in [3.63, 3.8) is 0 Å². The van der Waals surface area contributed by atoms with Gasteiger partial charge in [0.15, 0.2) is 11.6 Å². The summed E-state index contributed by atoms with van der Waals surface area (Å²) in [5.74, 6) is 1.40. The van der Waals surface area contributed by atoms with Crippen LogP contribution in [0, 0.1) is 5.82 Å². The highest BCUT2D eigenvalue weighted by Gasteiger charge is 2.06. The Morgan fingerprint density at radius 2 is 2.28 bits per heavy atom. The SMILES string of the molecule is CCc1nc(SCc2ccc(OC)c(F)c2)n[nH]1. The summed E-state index contributed by atoms with van der Waals surface area (Å²) in [5.41, 5.74) is 0.876. The van der Waals surface area contributed by atoms with Crippen LogP contribution in [0.25, 0.3) is 0 Å². The van der Waals surface area contributed by atoms with Crippen molar-refractivity contribution >= 4 is 11.8 Å². The number of thioether (sulfide) groups is 1. The topological polar surface area (TPSA) is 50.8 Å². The van der Waals surface area contributed by atoms with Crippen molar-refractivity contribution < 1.29 is 9.13 Å². The molecule has 96 valence electrons. The van der Waals surface area contributed by atoms with E-state index in [0.29, 0.717) is 10.9 Å². The number of ether oxygens (including phenoxy) is 1. The maximum Gasteiger partial charge on any atom is 0.208 e. The molecule has 0 aliphatic carbocycles. The van der Waals surface area contributed by atoms with Crippen molar-refractivity contribution in [3.05, 3.63) is 35.4 Å². The number of rotatable bonds is 5. The minimum atomic E-state index is -0.347. The minimum Gasteiger partial charge on any atom is -0.494 e. The third-order valence-corrected chi connectivity index (χ3v) is 3.35. The van der Waals surface area contributed by atoms with E-state index in [4.69, 9.17) is 4.74 Å². The lowest BCUT2D eigenvalue weighted by Gasteiger charge is -2.03. The third kappa shape index (κ3) is 3.01. The van der Waals surface area contributed by atoms with E-state index in [9.17, 15) is 4.39 Å². The van der Waals surface area contributed by atoms with E-state index in [1.165, 1.54) is 24.9 Å². The molecular formula is C12H14FN3OS. The number of hydrogen-bond donors (Lipinski definition) is 1. The molecule has 2 aromatic rings. The molecule has 0 saturated heterocycles. The Morgan fingerprint density at radius 1 is 1.44 bits per heavy atom. The number of aromatic nitrogens is 3. The van der Waals surface area contributed by atoms with Crippen LogP contribution in [-0.2, 0) is 12.2 Å². The molecule has 6 heteroatoms. The Kier molecular flexibility index (Phi) is 4.19. The predicted molar refractivity (Wildman–Crippen MR) is 68.3 cm³/mol. The van der Waals surface area contributed by atoms with Gasteiger partial charge in [-0.1, -0.05) is 24.8 Å². The first-order valence-corrected chi connectivity index (χ1v) is 6.58. The summed E-state index contributed by atoms with van der Waals surface area (Å²) in [7, 11) is 1.45. The zero-order valence-corrected chi connectivity index (χ0v) is 11.1. The molecule has 1 N–H and O–H groups in total. The van der Waals surface area contributed by atoms with Crippen LogP contribution in [0.3, 0.4) is 0 Å². The van der Waals surface area contributed by atoms with E-state index in [1.807, 2.05) is 13.0 Å². The summed E-state index contributed by atoms with van der Waals surface area (Å²) < 4.78 is 18.3. The van der Waals surface area contributed by atoms with Crippen molar-refractivity contribution in [3.8, 4) is 5.75 Å². The van der Waals surface area contributed by atoms with Crippen LogP contribution in [0.5, 0.6) is 5.75 Å². The van der Waals surface area contributed by atoms with E-state index < -0.39 is 0 Å². The standard InChI is InChI=1S/C12H14FN3OS/c1-3-11-14-12(16-15-11)18-7-8-4-5-10(17-2)9(13)6-8/h4-6H,3,7H2,1-2H3,(H,14,15,16). The number of hydrogen-bond acceptors (Lipinski definition) is 4. The van der Waals surface area contributed by atoms with Crippen LogP contribution in [-0.4, -0.2) is 22.3 Å². The normalized spacial score (nSPS) is 10.6. The Labute approximate surface area is 109 Å². The fourth-order valence-electron chi connectivity index (χ4n) is 1.45. The molecule has 0 saturated carbocycles. The number of halogens is 1. The molecule has 1 aromatic carbocycles. The van der Waals surface area contributed by atoms with Gasteiger partial charge in [0.1, 0.15) is 5.82 Å². The maximum absolute atomic E-state index is 13.5. The lowest BCUT2D eigenvalue weighted by molar-refractivity contribution is 0.386. The summed E-state index contributed by atoms with van der Waals surface area (Å²) >= 11 is 1.47. The van der Waals surface area contributed by atoms with E-state index in [-0.39, 0.29) is 11.6 Å². The van der Waals surface area contributed by atoms with Crippen LogP contribution >= 0.6 is 11.8 Å². The van der Waals surface area contributed by atoms with Gasteiger partial charge in [-0.15, -0.1) is 5.10 Å². The van der Waals surface area contributed by atoms with Gasteiger partial charge < -0.3 is 4.74 Å². The first-order chi connectivity index (χ1) is 8.72. The highest BCUT2D eigenvalue weighted by Crippen LogP contribution is 2.23. The molecule has 0 fully saturated rings. The van der Waals surface area contributed by atoms with Crippen molar-refractivity contribution in [2.24, 2.45) is 0 Å². The molecule has 2 rings (SSSR count). The zero-order valence-electron chi connectivity index (χ0n) is 10.2. The highest BCUT2D eigenvalue weighted by atomic mass is 32.2. The lowest BCUT2D eigenvalue weighted by Crippen LogP contribution is -1.90. The van der Waals surface area contributed by atoms with Gasteiger partial charge in [-0.05, 0) is 17.7 Å². The van der Waals surface area contributed by atoms with Gasteiger partial charge in [0.25, 0.3) is 0 Å². The molecule has 0 atom stereocenters. The number of H-pyrrole nitrogens is 1. The molecule has 18 heavy (non-hydrogen) atoms. The van der Waals surface area contributed by atoms with Crippen LogP contribution < -0.4 is 4.74 Å². The summed E-state index contributed by atoms with van der Waals surface area (Å²) in [6, 6.07) is 4.93. The lowest BCUT2D eigenvalue weighted by atomic mass is 10.2. The van der Waals surface area contributed by atoms with Crippen LogP contribution in [0.4, 0.5) is 4.39 Å². The molecule has 0 spiro atoms. The summed E-state index contributed by atoms with van der Waals surface area (Å²) in [6.45, 7) is 2.01. The van der Waals surface area contributed by atoms with Gasteiger partial charge in [0.05, 0.1) is 7.11 Å². The summed E-state index contributed by atoms with van der Waals surface area (Å²) in [4.78, 5) is 4.28. The van der Waals surface area contributed by atoms with Gasteiger partial charge in [-0.2, -0.15) is 0 Å². The van der Waals surface area contributed by atoms with Crippen molar-refractivity contribution in [2.75, 3.05) is 7.11 Å². The van der Waals surface area contributed by atoms with Gasteiger partial charge in [0, 0.05) is 12.2 Å². The third-order valence-electron chi connectivity index (χ3n) is 2.43. The van der Waals surface area contributed by atoms with Crippen molar-refractivity contribution in [1.82, 2.24) is 15.2 Å². The second kappa shape index (κ2) is 5.86. The largest absolute Gasteiger partial charge is 0.494 e. The van der Waals surface area contributed by atoms with E-state index in [1.54, 1.807) is 6.07 Å². The number of aryl methyl sites for hydroxylation is 1. The van der Waals surface area contributed by atoms with Gasteiger partial charge in [-0.25, -0.2) is 9.37 Å². The molecule has 0 bridgehead atoms. The monoisotopic (exact) mass is 267 g/mol. The average molecular weight is 267 g/mol. The van der Waals surface area contributed by atoms with E-state index in [0.717, 1.165) is 17.8 Å². The molecule has 0 unspecified atom stereocenters. The number of nitrogens with one attached hydrogen (secondary N) is 1. The van der Waals surface area contributed by atoms with E-state index in [2.05, 4.69) is 15.2 Å². The van der Waals surface area contributed by atoms with Gasteiger partial charge in [-0.3, -0.25) is 5.10 Å². The second-order valence-corrected chi connectivity index (χ2v) is 4.62. The Hall–Kier alpha value is -1.56. The molecular weight excluding hydrogens is 253 g/mol. The summed E-state index contributed by atoms with van der Waals surface area (Å²) in [6.07, 6.45) is 0.824. The number of nitrogens with zero attached hydrogens (tertiary/aromatic N) is 2. The molecule has 0 radical (unpaired) electrons. The van der Waals surface area contributed by atoms with Gasteiger partial charge >= 0.3 is 0 Å². The fraction of sp³-hybridized carbons (Fsp3) is 0.333. The smallest absolute Gasteiger partial charge is 0.208 e. The molecule has 0 amide bonds. The number of benzene rings is 1. The molecule has 0 aliphatic heterocycles. The van der Waals surface area contributed by atoms with Crippen molar-refractivity contribution in [1.29, 1.82) is 0 Å². The molecule has 4 nitrogen and oxygen atoms in total. The van der Waals surface area contributed by atoms with Crippen molar-refractivity contribution in [2.45, 2.75) is 24.3 Å². The average Bonchev–Trinajstić information content (AvgIpc) is 2.84. The minimum absolute atomic E-state index is 0.259. The quantitative estimate of drug-likeness (QED) is 0.846. The fourth-order valence-corrected chi connectivity index (χ4v) is 2.21. The first-order valence-electron chi connectivity index (χ1n) is 5.59. The molecule has 1 heterocycles. The van der Waals surface area contributed by atoms with Gasteiger partial charge in [0.2, 0.25) is 5.16 Å². The van der Waals surface area contributed by atoms with Crippen LogP contribution in [0.2, 0.25) is 0 Å².